The molecule has 0 spiro atoms. The highest BCUT2D eigenvalue weighted by Crippen LogP contribution is 2.19. The lowest BCUT2D eigenvalue weighted by Crippen LogP contribution is -2.41. The molecule has 1 unspecified atom stereocenters. The zero-order chi connectivity index (χ0) is 20.1. The van der Waals surface area contributed by atoms with E-state index in [2.05, 4.69) is 39.2 Å². The predicted molar refractivity (Wildman–Crippen MR) is 120 cm³/mol. The first-order valence-electron chi connectivity index (χ1n) is 9.39. The number of aliphatic hydroxyl groups is 1. The smallest absolute Gasteiger partial charge is 0.387 e. The van der Waals surface area contributed by atoms with Gasteiger partial charge in [-0.2, -0.15) is 8.78 Å². The fourth-order valence-electron chi connectivity index (χ4n) is 2.40. The molecule has 0 aromatic heterocycles. The zero-order valence-electron chi connectivity index (χ0n) is 16.8. The summed E-state index contributed by atoms with van der Waals surface area (Å²) in [6, 6.07) is 5.93. The fourth-order valence-corrected chi connectivity index (χ4v) is 2.40. The van der Waals surface area contributed by atoms with Crippen LogP contribution < -0.4 is 15.4 Å². The third kappa shape index (κ3) is 11.6. The highest BCUT2D eigenvalue weighted by atomic mass is 127. The van der Waals surface area contributed by atoms with Gasteiger partial charge in [-0.05, 0) is 44.6 Å². The number of rotatable bonds is 12. The van der Waals surface area contributed by atoms with Crippen molar-refractivity contribution in [1.29, 1.82) is 0 Å². The van der Waals surface area contributed by atoms with Gasteiger partial charge in [-0.3, -0.25) is 4.99 Å². The third-order valence-corrected chi connectivity index (χ3v) is 3.94. The quantitative estimate of drug-likeness (QED) is 0.227. The van der Waals surface area contributed by atoms with E-state index >= 15 is 0 Å². The van der Waals surface area contributed by atoms with Crippen molar-refractivity contribution in [3.05, 3.63) is 29.8 Å². The predicted octanol–water partition coefficient (Wildman–Crippen LogP) is 3.23. The van der Waals surface area contributed by atoms with Crippen molar-refractivity contribution in [2.75, 3.05) is 39.8 Å². The van der Waals surface area contributed by atoms with E-state index in [1.54, 1.807) is 12.1 Å². The Hall–Kier alpha value is -1.20. The second-order valence-corrected chi connectivity index (χ2v) is 6.27. The van der Waals surface area contributed by atoms with E-state index in [9.17, 15) is 13.9 Å². The Bertz CT molecular complexity index is 547. The van der Waals surface area contributed by atoms with E-state index in [0.29, 0.717) is 18.1 Å². The Balaban J connectivity index is 0.00000729. The van der Waals surface area contributed by atoms with Gasteiger partial charge in [0.15, 0.2) is 5.96 Å². The van der Waals surface area contributed by atoms with E-state index in [0.717, 1.165) is 19.6 Å². The van der Waals surface area contributed by atoms with E-state index in [4.69, 9.17) is 0 Å². The second-order valence-electron chi connectivity index (χ2n) is 6.27. The molecule has 0 bridgehead atoms. The van der Waals surface area contributed by atoms with Crippen LogP contribution in [-0.2, 0) is 0 Å². The normalized spacial score (nSPS) is 12.6. The average Bonchev–Trinajstić information content (AvgIpc) is 2.64. The van der Waals surface area contributed by atoms with Crippen LogP contribution in [-0.4, -0.2) is 62.3 Å². The first kappa shape index (κ1) is 26.8. The Morgan fingerprint density at radius 1 is 1.18 bits per heavy atom. The minimum atomic E-state index is -2.86. The number of unbranched alkanes of at least 4 members (excludes halogenated alkanes) is 1. The van der Waals surface area contributed by atoms with Crippen LogP contribution in [0.5, 0.6) is 5.75 Å². The van der Waals surface area contributed by atoms with Crippen molar-refractivity contribution in [2.45, 2.75) is 39.4 Å². The number of aliphatic hydroxyl groups excluding tert-OH is 1. The molecule has 0 aliphatic heterocycles. The van der Waals surface area contributed by atoms with Gasteiger partial charge in [0.1, 0.15) is 5.75 Å². The standard InChI is InChI=1S/C19H32F2N4O2.HI/c1-4-6-12-25(3)13-11-23-19(22-5-2)24-14-17(26)15-7-9-16(10-8-15)27-18(20)21;/h7-10,17-18,26H,4-6,11-14H2,1-3H3,(H2,22,23,24);1H. The molecule has 0 saturated heterocycles. The third-order valence-electron chi connectivity index (χ3n) is 3.94. The number of hydrogen-bond acceptors (Lipinski definition) is 4. The van der Waals surface area contributed by atoms with E-state index in [-0.39, 0.29) is 36.3 Å². The number of nitrogens with zero attached hydrogens (tertiary/aromatic N) is 2. The maximum atomic E-state index is 12.2. The molecule has 1 aromatic rings. The molecule has 0 saturated carbocycles. The molecule has 0 heterocycles. The molecular formula is C19H33F2IN4O2. The summed E-state index contributed by atoms with van der Waals surface area (Å²) < 4.78 is 28.6. The molecule has 0 aliphatic rings. The van der Waals surface area contributed by atoms with Crippen LogP contribution in [0.4, 0.5) is 8.78 Å². The lowest BCUT2D eigenvalue weighted by atomic mass is 10.1. The van der Waals surface area contributed by atoms with Crippen molar-refractivity contribution >= 4 is 29.9 Å². The largest absolute Gasteiger partial charge is 0.435 e. The number of hydrogen-bond donors (Lipinski definition) is 3. The molecule has 0 fully saturated rings. The van der Waals surface area contributed by atoms with Gasteiger partial charge in [0, 0.05) is 19.6 Å². The van der Waals surface area contributed by atoms with Gasteiger partial charge >= 0.3 is 6.61 Å². The molecule has 3 N–H and O–H groups in total. The molecule has 0 amide bonds. The topological polar surface area (TPSA) is 69.1 Å². The Labute approximate surface area is 183 Å². The van der Waals surface area contributed by atoms with Crippen molar-refractivity contribution in [3.63, 3.8) is 0 Å². The van der Waals surface area contributed by atoms with Gasteiger partial charge in [-0.15, -0.1) is 24.0 Å². The summed E-state index contributed by atoms with van der Waals surface area (Å²) in [4.78, 5) is 6.66. The van der Waals surface area contributed by atoms with Crippen LogP contribution in [0.3, 0.4) is 0 Å². The van der Waals surface area contributed by atoms with Gasteiger partial charge in [0.05, 0.1) is 12.6 Å². The van der Waals surface area contributed by atoms with Gasteiger partial charge in [0.2, 0.25) is 0 Å². The number of benzene rings is 1. The highest BCUT2D eigenvalue weighted by molar-refractivity contribution is 14.0. The van der Waals surface area contributed by atoms with Crippen LogP contribution in [0.2, 0.25) is 0 Å². The minimum Gasteiger partial charge on any atom is -0.435 e. The monoisotopic (exact) mass is 514 g/mol. The van der Waals surface area contributed by atoms with Gasteiger partial charge < -0.3 is 25.4 Å². The van der Waals surface area contributed by atoms with Crippen LogP contribution in [0.15, 0.2) is 29.3 Å². The summed E-state index contributed by atoms with van der Waals surface area (Å²) in [5.41, 5.74) is 0.593. The number of nitrogens with one attached hydrogen (secondary N) is 2. The Morgan fingerprint density at radius 2 is 1.86 bits per heavy atom. The van der Waals surface area contributed by atoms with E-state index < -0.39 is 12.7 Å². The minimum absolute atomic E-state index is 0. The summed E-state index contributed by atoms with van der Waals surface area (Å²) in [6.45, 7) is 4.88. The summed E-state index contributed by atoms with van der Waals surface area (Å²) in [7, 11) is 2.09. The average molecular weight is 514 g/mol. The van der Waals surface area contributed by atoms with Crippen molar-refractivity contribution in [3.8, 4) is 5.75 Å². The number of ether oxygens (including phenoxy) is 1. The SMILES string of the molecule is CCCCN(C)CCNC(=NCC(O)c1ccc(OC(F)F)cc1)NCC.I. The Morgan fingerprint density at radius 3 is 2.43 bits per heavy atom. The second kappa shape index (κ2) is 15.7. The van der Waals surface area contributed by atoms with Crippen LogP contribution in [0.1, 0.15) is 38.4 Å². The van der Waals surface area contributed by atoms with Crippen LogP contribution in [0, 0.1) is 0 Å². The maximum absolute atomic E-state index is 12.2. The van der Waals surface area contributed by atoms with Crippen LogP contribution in [0.25, 0.3) is 0 Å². The number of likely N-dealkylation sites (N-methyl/N-ethyl adjacent to an activating group) is 1. The molecule has 0 aliphatic carbocycles. The summed E-state index contributed by atoms with van der Waals surface area (Å²) >= 11 is 0. The molecule has 0 radical (unpaired) electrons. The number of alkyl halides is 2. The Kier molecular flexibility index (Phi) is 15.0. The molecule has 162 valence electrons. The van der Waals surface area contributed by atoms with E-state index in [1.165, 1.54) is 25.0 Å². The first-order chi connectivity index (χ1) is 13.0. The summed E-state index contributed by atoms with van der Waals surface area (Å²) in [6.07, 6.45) is 1.53. The van der Waals surface area contributed by atoms with Gasteiger partial charge in [0.25, 0.3) is 0 Å². The fraction of sp³-hybridized carbons (Fsp3) is 0.632. The number of aliphatic imine (C=N–C) groups is 1. The first-order valence-corrected chi connectivity index (χ1v) is 9.39. The molecular weight excluding hydrogens is 481 g/mol. The molecule has 1 atom stereocenters. The lowest BCUT2D eigenvalue weighted by Gasteiger charge is -2.18. The summed E-state index contributed by atoms with van der Waals surface area (Å²) in [5.74, 6) is 0.699. The zero-order valence-corrected chi connectivity index (χ0v) is 19.2. The van der Waals surface area contributed by atoms with Crippen molar-refractivity contribution < 1.29 is 18.6 Å². The maximum Gasteiger partial charge on any atom is 0.387 e. The number of guanidine groups is 1. The van der Waals surface area contributed by atoms with Gasteiger partial charge in [-0.1, -0.05) is 25.5 Å². The van der Waals surface area contributed by atoms with Gasteiger partial charge in [-0.25, -0.2) is 0 Å². The highest BCUT2D eigenvalue weighted by Gasteiger charge is 2.09. The van der Waals surface area contributed by atoms with Crippen molar-refractivity contribution in [2.24, 2.45) is 4.99 Å². The van der Waals surface area contributed by atoms with Crippen LogP contribution >= 0.6 is 24.0 Å². The lowest BCUT2D eigenvalue weighted by molar-refractivity contribution is -0.0498. The molecule has 1 aromatic carbocycles. The molecule has 9 heteroatoms. The summed E-state index contributed by atoms with van der Waals surface area (Å²) in [5, 5.41) is 16.7. The van der Waals surface area contributed by atoms with Crippen molar-refractivity contribution in [1.82, 2.24) is 15.5 Å². The molecule has 28 heavy (non-hydrogen) atoms. The van der Waals surface area contributed by atoms with E-state index in [1.807, 2.05) is 6.92 Å². The number of halogens is 3. The molecule has 1 rings (SSSR count). The molecule has 6 nitrogen and oxygen atoms in total.